The SMILES string of the molecule is COc1ccc(-c2cccc([C@]3(C)CC(=O)N([C@H]4CCO[C@@H](C)C4)C(N)=N3)c2Cl)cn1. The first-order valence-electron chi connectivity index (χ1n) is 10.4. The van der Waals surface area contributed by atoms with E-state index in [-0.39, 0.29) is 30.4 Å². The molecular weight excluding hydrogens is 416 g/mol. The maximum atomic E-state index is 13.2. The van der Waals surface area contributed by atoms with Crippen molar-refractivity contribution < 1.29 is 14.3 Å². The molecule has 0 spiro atoms. The van der Waals surface area contributed by atoms with Gasteiger partial charge in [-0.1, -0.05) is 29.8 Å². The summed E-state index contributed by atoms with van der Waals surface area (Å²) < 4.78 is 10.8. The molecule has 0 radical (unpaired) electrons. The number of nitrogens with two attached hydrogens (primary N) is 1. The number of aromatic nitrogens is 1. The highest BCUT2D eigenvalue weighted by atomic mass is 35.5. The minimum atomic E-state index is -0.846. The number of guanidine groups is 1. The molecular formula is C23H27ClN4O3. The number of pyridine rings is 1. The lowest BCUT2D eigenvalue weighted by Crippen LogP contribution is -2.56. The van der Waals surface area contributed by atoms with Gasteiger partial charge in [0.1, 0.15) is 0 Å². The molecule has 8 heteroatoms. The third-order valence-corrected chi connectivity index (χ3v) is 6.44. The van der Waals surface area contributed by atoms with Crippen LogP contribution < -0.4 is 10.5 Å². The Hall–Kier alpha value is -2.64. The van der Waals surface area contributed by atoms with E-state index in [0.717, 1.165) is 29.5 Å². The van der Waals surface area contributed by atoms with Crippen LogP contribution in [-0.4, -0.2) is 47.6 Å². The first-order valence-corrected chi connectivity index (χ1v) is 10.8. The average Bonchev–Trinajstić information content (AvgIpc) is 2.73. The van der Waals surface area contributed by atoms with Gasteiger partial charge in [-0.2, -0.15) is 0 Å². The molecule has 1 saturated heterocycles. The zero-order valence-electron chi connectivity index (χ0n) is 18.0. The van der Waals surface area contributed by atoms with Crippen LogP contribution in [0.2, 0.25) is 5.02 Å². The fraction of sp³-hybridized carbons (Fsp3) is 0.435. The van der Waals surface area contributed by atoms with Gasteiger partial charge in [-0.05, 0) is 38.3 Å². The molecule has 3 atom stereocenters. The summed E-state index contributed by atoms with van der Waals surface area (Å²) in [5.41, 5.74) is 7.93. The second kappa shape index (κ2) is 8.48. The fourth-order valence-corrected chi connectivity index (χ4v) is 4.88. The van der Waals surface area contributed by atoms with Crippen molar-refractivity contribution in [2.45, 2.75) is 50.8 Å². The summed E-state index contributed by atoms with van der Waals surface area (Å²) >= 11 is 6.83. The monoisotopic (exact) mass is 442 g/mol. The van der Waals surface area contributed by atoms with Crippen molar-refractivity contribution in [3.05, 3.63) is 47.1 Å². The van der Waals surface area contributed by atoms with E-state index in [1.54, 1.807) is 24.3 Å². The first-order chi connectivity index (χ1) is 14.8. The summed E-state index contributed by atoms with van der Waals surface area (Å²) in [4.78, 5) is 23.9. The Balaban J connectivity index is 1.68. The topological polar surface area (TPSA) is 90.0 Å². The Morgan fingerprint density at radius 3 is 2.77 bits per heavy atom. The number of carbonyl (C=O) groups is 1. The summed E-state index contributed by atoms with van der Waals surface area (Å²) in [6, 6.07) is 9.43. The molecule has 2 aliphatic heterocycles. The molecule has 3 heterocycles. The smallest absolute Gasteiger partial charge is 0.232 e. The minimum absolute atomic E-state index is 0.0109. The van der Waals surface area contributed by atoms with Crippen LogP contribution in [0.3, 0.4) is 0 Å². The predicted octanol–water partition coefficient (Wildman–Crippen LogP) is 3.74. The molecule has 1 aromatic carbocycles. The van der Waals surface area contributed by atoms with Crippen molar-refractivity contribution in [3.63, 3.8) is 0 Å². The molecule has 0 aliphatic carbocycles. The van der Waals surface area contributed by atoms with Gasteiger partial charge in [-0.15, -0.1) is 0 Å². The molecule has 1 aromatic heterocycles. The Morgan fingerprint density at radius 1 is 1.32 bits per heavy atom. The molecule has 2 aliphatic rings. The summed E-state index contributed by atoms with van der Waals surface area (Å²) in [5, 5.41) is 0.537. The molecule has 4 rings (SSSR count). The molecule has 2 N–H and O–H groups in total. The zero-order chi connectivity index (χ0) is 22.2. The maximum Gasteiger partial charge on any atom is 0.232 e. The molecule has 7 nitrogen and oxygen atoms in total. The summed E-state index contributed by atoms with van der Waals surface area (Å²) in [7, 11) is 1.57. The van der Waals surface area contributed by atoms with Crippen molar-refractivity contribution >= 4 is 23.5 Å². The van der Waals surface area contributed by atoms with Crippen LogP contribution in [-0.2, 0) is 15.1 Å². The molecule has 1 fully saturated rings. The Kier molecular flexibility index (Phi) is 5.90. The van der Waals surface area contributed by atoms with Gasteiger partial charge in [0.2, 0.25) is 11.8 Å². The van der Waals surface area contributed by atoms with Crippen LogP contribution in [0, 0.1) is 0 Å². The number of benzene rings is 1. The van der Waals surface area contributed by atoms with E-state index in [9.17, 15) is 4.79 Å². The lowest BCUT2D eigenvalue weighted by molar-refractivity contribution is -0.133. The van der Waals surface area contributed by atoms with Gasteiger partial charge in [-0.25, -0.2) is 9.98 Å². The van der Waals surface area contributed by atoms with Crippen molar-refractivity contribution in [3.8, 4) is 17.0 Å². The van der Waals surface area contributed by atoms with Crippen LogP contribution in [0.5, 0.6) is 5.88 Å². The quantitative estimate of drug-likeness (QED) is 0.778. The summed E-state index contributed by atoms with van der Waals surface area (Å²) in [6.45, 7) is 4.53. The van der Waals surface area contributed by atoms with Gasteiger partial charge < -0.3 is 15.2 Å². The van der Waals surface area contributed by atoms with Gasteiger partial charge in [0.05, 0.1) is 30.2 Å². The molecule has 0 bridgehead atoms. The molecule has 0 saturated carbocycles. The van der Waals surface area contributed by atoms with E-state index >= 15 is 0 Å². The molecule has 164 valence electrons. The van der Waals surface area contributed by atoms with Gasteiger partial charge >= 0.3 is 0 Å². The molecule has 1 amide bonds. The first kappa shape index (κ1) is 21.6. The molecule has 31 heavy (non-hydrogen) atoms. The van der Waals surface area contributed by atoms with Crippen molar-refractivity contribution in [2.24, 2.45) is 10.7 Å². The second-order valence-corrected chi connectivity index (χ2v) is 8.68. The number of hydrogen-bond donors (Lipinski definition) is 1. The van der Waals surface area contributed by atoms with Crippen LogP contribution in [0.1, 0.15) is 38.7 Å². The van der Waals surface area contributed by atoms with Gasteiger partial charge in [0.15, 0.2) is 5.96 Å². The third kappa shape index (κ3) is 4.12. The number of rotatable bonds is 4. The molecule has 2 aromatic rings. The van der Waals surface area contributed by atoms with Crippen LogP contribution >= 0.6 is 11.6 Å². The number of carbonyl (C=O) groups excluding carboxylic acids is 1. The number of amides is 1. The van der Waals surface area contributed by atoms with Crippen molar-refractivity contribution in [1.29, 1.82) is 0 Å². The van der Waals surface area contributed by atoms with E-state index in [0.29, 0.717) is 17.5 Å². The fourth-order valence-electron chi connectivity index (χ4n) is 4.44. The van der Waals surface area contributed by atoms with Crippen LogP contribution in [0.15, 0.2) is 41.5 Å². The average molecular weight is 443 g/mol. The largest absolute Gasteiger partial charge is 0.481 e. The highest BCUT2D eigenvalue weighted by Gasteiger charge is 2.42. The van der Waals surface area contributed by atoms with E-state index in [1.165, 1.54) is 0 Å². The molecule has 0 unspecified atom stereocenters. The number of halogens is 1. The predicted molar refractivity (Wildman–Crippen MR) is 120 cm³/mol. The van der Waals surface area contributed by atoms with Crippen molar-refractivity contribution in [2.75, 3.05) is 13.7 Å². The van der Waals surface area contributed by atoms with E-state index in [2.05, 4.69) is 4.98 Å². The van der Waals surface area contributed by atoms with Crippen LogP contribution in [0.4, 0.5) is 0 Å². The highest BCUT2D eigenvalue weighted by Crippen LogP contribution is 2.42. The Bertz CT molecular complexity index is 1010. The van der Waals surface area contributed by atoms with E-state index < -0.39 is 5.54 Å². The van der Waals surface area contributed by atoms with E-state index in [1.807, 2.05) is 38.1 Å². The third-order valence-electron chi connectivity index (χ3n) is 6.03. The number of methoxy groups -OCH3 is 1. The lowest BCUT2D eigenvalue weighted by atomic mass is 9.85. The number of hydrogen-bond acceptors (Lipinski definition) is 6. The van der Waals surface area contributed by atoms with Gasteiger partial charge in [-0.3, -0.25) is 9.69 Å². The Labute approximate surface area is 187 Å². The summed E-state index contributed by atoms with van der Waals surface area (Å²) in [6.07, 6.45) is 3.51. The van der Waals surface area contributed by atoms with Crippen LogP contribution in [0.25, 0.3) is 11.1 Å². The summed E-state index contributed by atoms with van der Waals surface area (Å²) in [5.74, 6) is 0.730. The Morgan fingerprint density at radius 2 is 2.13 bits per heavy atom. The normalized spacial score (nSPS) is 26.5. The standard InChI is InChI=1S/C23H27ClN4O3/c1-14-11-16(9-10-31-14)28-20(29)12-23(2,27-22(28)25)18-6-4-5-17(21(18)24)15-7-8-19(30-3)26-13-15/h4-8,13-14,16H,9-12H2,1-3H3,(H2,25,27)/t14-,16-,23-/m0/s1. The van der Waals surface area contributed by atoms with Crippen molar-refractivity contribution in [1.82, 2.24) is 9.88 Å². The number of ether oxygens (including phenoxy) is 2. The number of nitrogens with zero attached hydrogens (tertiary/aromatic N) is 3. The maximum absolute atomic E-state index is 13.2. The van der Waals surface area contributed by atoms with Gasteiger partial charge in [0, 0.05) is 36.0 Å². The van der Waals surface area contributed by atoms with Gasteiger partial charge in [0.25, 0.3) is 0 Å². The number of aliphatic imine (C=N–C) groups is 1. The second-order valence-electron chi connectivity index (χ2n) is 8.30. The van der Waals surface area contributed by atoms with E-state index in [4.69, 9.17) is 31.8 Å². The minimum Gasteiger partial charge on any atom is -0.481 e. The highest BCUT2D eigenvalue weighted by molar-refractivity contribution is 6.34. The lowest BCUT2D eigenvalue weighted by Gasteiger charge is -2.41. The zero-order valence-corrected chi connectivity index (χ0v) is 18.7.